The summed E-state index contributed by atoms with van der Waals surface area (Å²) in [5.41, 5.74) is 3.86. The maximum Gasteiger partial charge on any atom is 0.407 e. The zero-order chi connectivity index (χ0) is 25.0. The number of nitrogens with zero attached hydrogens (tertiary/aromatic N) is 1. The third kappa shape index (κ3) is 5.34. The first-order valence-electron chi connectivity index (χ1n) is 12.4. The molecule has 35 heavy (non-hydrogen) atoms. The number of carbonyl (C=O) groups excluding carboxylic acids is 2. The zero-order valence-electron chi connectivity index (χ0n) is 20.5. The summed E-state index contributed by atoms with van der Waals surface area (Å²) in [4.78, 5) is 38.8. The molecule has 1 fully saturated rings. The molecular formula is C28H34N2O5. The molecule has 2 aliphatic rings. The van der Waals surface area contributed by atoms with E-state index in [-0.39, 0.29) is 37.3 Å². The molecule has 1 heterocycles. The van der Waals surface area contributed by atoms with Crippen LogP contribution < -0.4 is 5.32 Å². The van der Waals surface area contributed by atoms with Crippen molar-refractivity contribution in [3.63, 3.8) is 0 Å². The van der Waals surface area contributed by atoms with Gasteiger partial charge >= 0.3 is 12.1 Å². The summed E-state index contributed by atoms with van der Waals surface area (Å²) < 4.78 is 5.63. The molecule has 2 amide bonds. The number of likely N-dealkylation sites (tertiary alicyclic amines) is 1. The van der Waals surface area contributed by atoms with Gasteiger partial charge in [0.2, 0.25) is 5.91 Å². The smallest absolute Gasteiger partial charge is 0.407 e. The van der Waals surface area contributed by atoms with E-state index < -0.39 is 17.5 Å². The van der Waals surface area contributed by atoms with E-state index in [1.54, 1.807) is 4.90 Å². The van der Waals surface area contributed by atoms with Crippen LogP contribution in [0.4, 0.5) is 4.79 Å². The van der Waals surface area contributed by atoms with Gasteiger partial charge in [-0.05, 0) is 54.4 Å². The van der Waals surface area contributed by atoms with Gasteiger partial charge in [0, 0.05) is 32.0 Å². The Balaban J connectivity index is 1.34. The van der Waals surface area contributed by atoms with Crippen molar-refractivity contribution in [3.8, 4) is 11.1 Å². The monoisotopic (exact) mass is 478 g/mol. The lowest BCUT2D eigenvalue weighted by Gasteiger charge is -2.38. The van der Waals surface area contributed by atoms with Gasteiger partial charge in [0.25, 0.3) is 0 Å². The molecule has 2 aromatic carbocycles. The number of nitrogens with one attached hydrogen (secondary N) is 1. The molecule has 0 saturated carbocycles. The summed E-state index contributed by atoms with van der Waals surface area (Å²) in [5, 5.41) is 11.9. The fraction of sp³-hybridized carbons (Fsp3) is 0.464. The van der Waals surface area contributed by atoms with Gasteiger partial charge in [0.1, 0.15) is 6.61 Å². The molecule has 1 aliphatic heterocycles. The van der Waals surface area contributed by atoms with Crippen molar-refractivity contribution in [1.29, 1.82) is 0 Å². The van der Waals surface area contributed by atoms with E-state index in [1.165, 1.54) is 11.1 Å². The van der Waals surface area contributed by atoms with Gasteiger partial charge in [-0.15, -0.1) is 0 Å². The molecule has 0 radical (unpaired) electrons. The van der Waals surface area contributed by atoms with Crippen molar-refractivity contribution in [2.45, 2.75) is 45.4 Å². The molecular weight excluding hydrogens is 444 g/mol. The van der Waals surface area contributed by atoms with Crippen molar-refractivity contribution in [3.05, 3.63) is 59.7 Å². The Labute approximate surface area is 206 Å². The first-order valence-corrected chi connectivity index (χ1v) is 12.4. The Morgan fingerprint density at radius 2 is 1.71 bits per heavy atom. The number of carboxylic acid groups (broad SMARTS) is 1. The number of aliphatic carboxylic acids is 1. The summed E-state index contributed by atoms with van der Waals surface area (Å²) in [6, 6.07) is 16.4. The predicted molar refractivity (Wildman–Crippen MR) is 133 cm³/mol. The largest absolute Gasteiger partial charge is 0.481 e. The van der Waals surface area contributed by atoms with E-state index in [0.29, 0.717) is 19.5 Å². The minimum atomic E-state index is -0.834. The van der Waals surface area contributed by atoms with Crippen molar-refractivity contribution in [2.75, 3.05) is 26.2 Å². The normalized spacial score (nSPS) is 18.8. The fourth-order valence-electron chi connectivity index (χ4n) is 5.31. The lowest BCUT2D eigenvalue weighted by Crippen LogP contribution is -2.51. The molecule has 7 heteroatoms. The summed E-state index contributed by atoms with van der Waals surface area (Å²) in [6.45, 7) is 5.23. The number of fused-ring (bicyclic) bond motifs is 3. The molecule has 2 unspecified atom stereocenters. The first-order chi connectivity index (χ1) is 16.8. The van der Waals surface area contributed by atoms with Crippen molar-refractivity contribution >= 4 is 18.0 Å². The van der Waals surface area contributed by atoms with Crippen LogP contribution >= 0.6 is 0 Å². The number of hydrogen-bond donors (Lipinski definition) is 2. The quantitative estimate of drug-likeness (QED) is 0.576. The second-order valence-electron chi connectivity index (χ2n) is 9.95. The molecule has 1 saturated heterocycles. The highest BCUT2D eigenvalue weighted by atomic mass is 16.5. The Bertz CT molecular complexity index is 1050. The van der Waals surface area contributed by atoms with Gasteiger partial charge < -0.3 is 20.1 Å². The zero-order valence-corrected chi connectivity index (χ0v) is 20.5. The van der Waals surface area contributed by atoms with Crippen LogP contribution in [-0.2, 0) is 14.3 Å². The minimum absolute atomic E-state index is 0.0214. The average molecular weight is 479 g/mol. The second kappa shape index (κ2) is 10.5. The van der Waals surface area contributed by atoms with E-state index in [9.17, 15) is 14.4 Å². The number of carbonyl (C=O) groups is 3. The molecule has 0 spiro atoms. The molecule has 1 aliphatic carbocycles. The predicted octanol–water partition coefficient (Wildman–Crippen LogP) is 4.65. The topological polar surface area (TPSA) is 95.9 Å². The van der Waals surface area contributed by atoms with Gasteiger partial charge in [0.15, 0.2) is 0 Å². The van der Waals surface area contributed by atoms with Crippen LogP contribution in [0.15, 0.2) is 48.5 Å². The Kier molecular flexibility index (Phi) is 7.43. The highest BCUT2D eigenvalue weighted by Crippen LogP contribution is 2.44. The van der Waals surface area contributed by atoms with Gasteiger partial charge in [0.05, 0.1) is 5.41 Å². The molecule has 186 valence electrons. The first kappa shape index (κ1) is 24.8. The molecule has 0 bridgehead atoms. The molecule has 4 rings (SSSR count). The van der Waals surface area contributed by atoms with Crippen molar-refractivity contribution in [1.82, 2.24) is 10.2 Å². The van der Waals surface area contributed by atoms with E-state index in [0.717, 1.165) is 24.0 Å². The summed E-state index contributed by atoms with van der Waals surface area (Å²) >= 11 is 0. The highest BCUT2D eigenvalue weighted by molar-refractivity contribution is 5.83. The maximum absolute atomic E-state index is 13.3. The van der Waals surface area contributed by atoms with Crippen LogP contribution in [0.2, 0.25) is 0 Å². The maximum atomic E-state index is 13.3. The van der Waals surface area contributed by atoms with E-state index in [2.05, 4.69) is 29.6 Å². The molecule has 2 aromatic rings. The van der Waals surface area contributed by atoms with Crippen LogP contribution in [0.25, 0.3) is 11.1 Å². The Morgan fingerprint density at radius 3 is 2.31 bits per heavy atom. The van der Waals surface area contributed by atoms with Crippen LogP contribution in [0.5, 0.6) is 0 Å². The minimum Gasteiger partial charge on any atom is -0.481 e. The lowest BCUT2D eigenvalue weighted by atomic mass is 9.84. The Hall–Kier alpha value is -3.35. The lowest BCUT2D eigenvalue weighted by molar-refractivity contribution is -0.145. The number of benzene rings is 2. The third-order valence-corrected chi connectivity index (χ3v) is 7.53. The standard InChI is InChI=1S/C28H34N2O5/c1-3-28(2,26(33)30-14-8-9-19(16-30)15-25(31)32)18-29-27(34)35-17-24-22-12-6-4-10-20(22)21-11-5-7-13-23(21)24/h4-7,10-13,19,24H,3,8-9,14-18H2,1-2H3,(H,29,34)(H,31,32). The Morgan fingerprint density at radius 1 is 1.09 bits per heavy atom. The summed E-state index contributed by atoms with van der Waals surface area (Å²) in [7, 11) is 0. The van der Waals surface area contributed by atoms with Gasteiger partial charge in [-0.1, -0.05) is 55.5 Å². The third-order valence-electron chi connectivity index (χ3n) is 7.53. The van der Waals surface area contributed by atoms with Crippen molar-refractivity contribution < 1.29 is 24.2 Å². The van der Waals surface area contributed by atoms with Gasteiger partial charge in [-0.25, -0.2) is 4.79 Å². The second-order valence-corrected chi connectivity index (χ2v) is 9.95. The molecule has 7 nitrogen and oxygen atoms in total. The summed E-state index contributed by atoms with van der Waals surface area (Å²) in [6.07, 6.45) is 1.70. The van der Waals surface area contributed by atoms with Gasteiger partial charge in [-0.3, -0.25) is 9.59 Å². The van der Waals surface area contributed by atoms with Crippen LogP contribution in [-0.4, -0.2) is 54.2 Å². The van der Waals surface area contributed by atoms with E-state index in [4.69, 9.17) is 9.84 Å². The number of alkyl carbamates (subject to hydrolysis) is 1. The fourth-order valence-corrected chi connectivity index (χ4v) is 5.31. The van der Waals surface area contributed by atoms with Crippen molar-refractivity contribution in [2.24, 2.45) is 11.3 Å². The van der Waals surface area contributed by atoms with E-state index >= 15 is 0 Å². The average Bonchev–Trinajstić information content (AvgIpc) is 3.19. The van der Waals surface area contributed by atoms with Crippen LogP contribution in [0.3, 0.4) is 0 Å². The number of rotatable bonds is 8. The number of piperidine rings is 1. The number of carboxylic acids is 1. The highest BCUT2D eigenvalue weighted by Gasteiger charge is 2.38. The molecule has 2 atom stereocenters. The number of hydrogen-bond acceptors (Lipinski definition) is 4. The SMILES string of the molecule is CCC(C)(CNC(=O)OCC1c2ccccc2-c2ccccc21)C(=O)N1CCCC(CC(=O)O)C1. The number of amides is 2. The molecule has 2 N–H and O–H groups in total. The van der Waals surface area contributed by atoms with Crippen LogP contribution in [0.1, 0.15) is 56.6 Å². The number of ether oxygens (including phenoxy) is 1. The molecule has 0 aromatic heterocycles. The van der Waals surface area contributed by atoms with Crippen LogP contribution in [0, 0.1) is 11.3 Å². The summed E-state index contributed by atoms with van der Waals surface area (Å²) in [5.74, 6) is -0.929. The van der Waals surface area contributed by atoms with Gasteiger partial charge in [-0.2, -0.15) is 0 Å². The van der Waals surface area contributed by atoms with E-state index in [1.807, 2.05) is 38.1 Å².